The van der Waals surface area contributed by atoms with Crippen molar-refractivity contribution in [3.05, 3.63) is 76.7 Å². The molecular weight excluding hydrogens is 438 g/mol. The van der Waals surface area contributed by atoms with Gasteiger partial charge in [-0.15, -0.1) is 5.10 Å². The zero-order chi connectivity index (χ0) is 24.3. The van der Waals surface area contributed by atoms with Crippen LogP contribution in [0.1, 0.15) is 67.0 Å². The monoisotopic (exact) mass is 464 g/mol. The van der Waals surface area contributed by atoms with E-state index in [9.17, 15) is 18.7 Å². The first kappa shape index (κ1) is 22.5. The lowest BCUT2D eigenvalue weighted by Crippen LogP contribution is -2.38. The van der Waals surface area contributed by atoms with E-state index in [0.29, 0.717) is 0 Å². The molecule has 6 nitrogen and oxygen atoms in total. The minimum Gasteiger partial charge on any atom is -0.392 e. The van der Waals surface area contributed by atoms with Gasteiger partial charge in [0.1, 0.15) is 17.3 Å². The Morgan fingerprint density at radius 2 is 1.88 bits per heavy atom. The number of aromatic nitrogens is 3. The molecule has 2 aliphatic carbocycles. The highest BCUT2D eigenvalue weighted by atomic mass is 19.1. The number of amides is 1. The van der Waals surface area contributed by atoms with Crippen molar-refractivity contribution in [3.63, 3.8) is 0 Å². The summed E-state index contributed by atoms with van der Waals surface area (Å²) in [4.78, 5) is 17.3. The second-order valence-corrected chi connectivity index (χ2v) is 9.82. The van der Waals surface area contributed by atoms with Gasteiger partial charge in [-0.2, -0.15) is 5.10 Å². The lowest BCUT2D eigenvalue weighted by Gasteiger charge is -2.37. The van der Waals surface area contributed by atoms with Gasteiger partial charge in [0.25, 0.3) is 5.91 Å². The fraction of sp³-hybridized carbons (Fsp3) is 0.385. The van der Waals surface area contributed by atoms with E-state index in [1.807, 2.05) is 6.07 Å². The van der Waals surface area contributed by atoms with E-state index in [2.05, 4.69) is 29.4 Å². The maximum Gasteiger partial charge on any atom is 0.269 e. The molecule has 5 rings (SSSR count). The number of fused-ring (bicyclic) bond motifs is 5. The number of aliphatic hydroxyl groups excluding tert-OH is 1. The molecule has 3 atom stereocenters. The molecule has 0 spiro atoms. The van der Waals surface area contributed by atoms with Crippen LogP contribution < -0.4 is 5.32 Å². The Balaban J connectivity index is 1.61. The van der Waals surface area contributed by atoms with Gasteiger partial charge in [-0.05, 0) is 67.0 Å². The van der Waals surface area contributed by atoms with Crippen molar-refractivity contribution >= 4 is 5.91 Å². The molecule has 3 aromatic rings. The lowest BCUT2D eigenvalue weighted by molar-refractivity contribution is 0.0918. The highest BCUT2D eigenvalue weighted by molar-refractivity contribution is 5.92. The molecule has 8 heteroatoms. The van der Waals surface area contributed by atoms with E-state index in [1.165, 1.54) is 18.2 Å². The highest BCUT2D eigenvalue weighted by Gasteiger charge is 2.65. The average Bonchev–Trinajstić information content (AvgIpc) is 3.18. The number of aliphatic hydroxyl groups is 1. The maximum absolute atomic E-state index is 14.4. The van der Waals surface area contributed by atoms with Crippen LogP contribution in [0.2, 0.25) is 0 Å². The zero-order valence-electron chi connectivity index (χ0n) is 19.3. The largest absolute Gasteiger partial charge is 0.392 e. The Hall–Kier alpha value is -3.26. The van der Waals surface area contributed by atoms with E-state index in [-0.39, 0.29) is 40.7 Å². The topological polar surface area (TPSA) is 88.0 Å². The first-order valence-corrected chi connectivity index (χ1v) is 11.4. The molecule has 2 bridgehead atoms. The molecule has 0 saturated heterocycles. The number of rotatable bonds is 5. The molecule has 2 N–H and O–H groups in total. The standard InChI is InChI=1S/C26H26F2N4O2/c1-14(33)13-29-24(34)19-8-5-9-21(30-19)26-11-10-16(25(26,2)3)15-12-20(31-32-23(15)26)22-17(27)6-4-7-18(22)28/h4-9,12,14,16,33H,10-11,13H2,1-3H3,(H,29,34)/t14-,16-,26-/m0/s1. The number of hydrogen-bond donors (Lipinski definition) is 2. The number of nitrogens with zero attached hydrogens (tertiary/aromatic N) is 3. The normalized spacial score (nSPS) is 22.9. The fourth-order valence-electron chi connectivity index (χ4n) is 5.89. The first-order valence-electron chi connectivity index (χ1n) is 11.4. The molecule has 2 heterocycles. The first-order chi connectivity index (χ1) is 16.2. The number of benzene rings is 1. The molecule has 1 amide bonds. The lowest BCUT2D eigenvalue weighted by atomic mass is 9.66. The van der Waals surface area contributed by atoms with Crippen molar-refractivity contribution in [1.29, 1.82) is 0 Å². The van der Waals surface area contributed by atoms with Crippen LogP contribution in [0.5, 0.6) is 0 Å². The predicted molar refractivity (Wildman–Crippen MR) is 122 cm³/mol. The molecule has 0 aliphatic heterocycles. The van der Waals surface area contributed by atoms with Gasteiger partial charge in [-0.3, -0.25) is 4.79 Å². The van der Waals surface area contributed by atoms with Crippen molar-refractivity contribution in [2.75, 3.05) is 6.54 Å². The molecule has 2 aliphatic rings. The van der Waals surface area contributed by atoms with E-state index < -0.39 is 23.2 Å². The number of carbonyl (C=O) groups is 1. The second-order valence-electron chi connectivity index (χ2n) is 9.82. The van der Waals surface area contributed by atoms with Crippen molar-refractivity contribution in [3.8, 4) is 11.3 Å². The number of pyridine rings is 1. The van der Waals surface area contributed by atoms with E-state index in [4.69, 9.17) is 4.98 Å². The Morgan fingerprint density at radius 3 is 2.59 bits per heavy atom. The minimum atomic E-state index is -0.677. The van der Waals surface area contributed by atoms with Crippen molar-refractivity contribution in [1.82, 2.24) is 20.5 Å². The summed E-state index contributed by atoms with van der Waals surface area (Å²) >= 11 is 0. The Kier molecular flexibility index (Phi) is 5.24. The summed E-state index contributed by atoms with van der Waals surface area (Å²) in [5.41, 5.74) is 1.79. The van der Waals surface area contributed by atoms with Crippen LogP contribution >= 0.6 is 0 Å². The Labute approximate surface area is 196 Å². The van der Waals surface area contributed by atoms with E-state index in [1.54, 1.807) is 25.1 Å². The molecular formula is C26H26F2N4O2. The van der Waals surface area contributed by atoms with Gasteiger partial charge in [0.2, 0.25) is 0 Å². The molecule has 2 aromatic heterocycles. The number of nitrogens with one attached hydrogen (secondary N) is 1. The summed E-state index contributed by atoms with van der Waals surface area (Å²) in [6, 6.07) is 10.8. The number of hydrogen-bond acceptors (Lipinski definition) is 5. The van der Waals surface area contributed by atoms with Crippen molar-refractivity contribution in [2.24, 2.45) is 5.41 Å². The summed E-state index contributed by atoms with van der Waals surface area (Å²) in [6.45, 7) is 6.03. The average molecular weight is 465 g/mol. The van der Waals surface area contributed by atoms with Gasteiger partial charge in [-0.25, -0.2) is 13.8 Å². The molecule has 0 unspecified atom stereocenters. The zero-order valence-corrected chi connectivity index (χ0v) is 19.3. The summed E-state index contributed by atoms with van der Waals surface area (Å²) in [5.74, 6) is -1.60. The second kappa shape index (κ2) is 7.91. The van der Waals surface area contributed by atoms with E-state index >= 15 is 0 Å². The van der Waals surface area contributed by atoms with Gasteiger partial charge < -0.3 is 10.4 Å². The highest BCUT2D eigenvalue weighted by Crippen LogP contribution is 2.69. The maximum atomic E-state index is 14.4. The molecule has 1 saturated carbocycles. The van der Waals surface area contributed by atoms with Crippen LogP contribution in [0.25, 0.3) is 11.3 Å². The van der Waals surface area contributed by atoms with Crippen LogP contribution in [0.3, 0.4) is 0 Å². The third kappa shape index (κ3) is 3.15. The van der Waals surface area contributed by atoms with Gasteiger partial charge in [-0.1, -0.05) is 26.0 Å². The minimum absolute atomic E-state index is 0.112. The Morgan fingerprint density at radius 1 is 1.18 bits per heavy atom. The molecule has 34 heavy (non-hydrogen) atoms. The third-order valence-electron chi connectivity index (χ3n) is 7.58. The SMILES string of the molecule is C[C@H](O)CNC(=O)c1cccc([C@@]23CC[C@@H](c4cc(-c5c(F)cccc5F)nnc42)C3(C)C)n1. The van der Waals surface area contributed by atoms with Crippen LogP contribution in [-0.2, 0) is 5.41 Å². The summed E-state index contributed by atoms with van der Waals surface area (Å²) in [7, 11) is 0. The predicted octanol–water partition coefficient (Wildman–Crippen LogP) is 4.13. The van der Waals surface area contributed by atoms with Crippen molar-refractivity contribution in [2.45, 2.75) is 51.0 Å². The van der Waals surface area contributed by atoms with Crippen LogP contribution in [0.15, 0.2) is 42.5 Å². The van der Waals surface area contributed by atoms with Crippen molar-refractivity contribution < 1.29 is 18.7 Å². The molecule has 0 radical (unpaired) electrons. The third-order valence-corrected chi connectivity index (χ3v) is 7.58. The van der Waals surface area contributed by atoms with Gasteiger partial charge in [0, 0.05) is 6.54 Å². The molecule has 1 fully saturated rings. The Bertz CT molecular complexity index is 1270. The van der Waals surface area contributed by atoms with Gasteiger partial charge in [0.15, 0.2) is 0 Å². The van der Waals surface area contributed by atoms with E-state index in [0.717, 1.165) is 29.8 Å². The van der Waals surface area contributed by atoms with Crippen LogP contribution in [-0.4, -0.2) is 38.8 Å². The molecule has 176 valence electrons. The van der Waals surface area contributed by atoms with Crippen LogP contribution in [0, 0.1) is 17.0 Å². The van der Waals surface area contributed by atoms with Gasteiger partial charge in [0.05, 0.1) is 34.2 Å². The summed E-state index contributed by atoms with van der Waals surface area (Å²) in [5, 5.41) is 20.9. The summed E-state index contributed by atoms with van der Waals surface area (Å²) < 4.78 is 28.9. The summed E-state index contributed by atoms with van der Waals surface area (Å²) in [6.07, 6.45) is 0.988. The molecule has 1 aromatic carbocycles. The fourth-order valence-corrected chi connectivity index (χ4v) is 5.89. The smallest absolute Gasteiger partial charge is 0.269 e. The number of carbonyl (C=O) groups excluding carboxylic acids is 1. The van der Waals surface area contributed by atoms with Gasteiger partial charge >= 0.3 is 0 Å². The quantitative estimate of drug-likeness (QED) is 0.593. The van der Waals surface area contributed by atoms with Crippen LogP contribution in [0.4, 0.5) is 8.78 Å². The number of halogens is 2.